The van der Waals surface area contributed by atoms with Crippen LogP contribution in [0.2, 0.25) is 0 Å². The van der Waals surface area contributed by atoms with Crippen molar-refractivity contribution in [3.05, 3.63) is 76.4 Å². The molecule has 0 unspecified atom stereocenters. The Labute approximate surface area is 198 Å². The molecule has 0 radical (unpaired) electrons. The van der Waals surface area contributed by atoms with Gasteiger partial charge in [-0.15, -0.1) is 0 Å². The zero-order valence-corrected chi connectivity index (χ0v) is 19.3. The van der Waals surface area contributed by atoms with Crippen LogP contribution in [-0.4, -0.2) is 45.2 Å². The number of carboxylic acid groups (broad SMARTS) is 2. The SMILES string of the molecule is O=C(O)c1ccc2nc(N3CCCCC3)ccc2c1.O=C(O)c1ccc2nccc(Br)c2c1. The number of hydrogen-bond donors (Lipinski definition) is 2. The average Bonchev–Trinajstić information content (AvgIpc) is 2.84. The predicted molar refractivity (Wildman–Crippen MR) is 131 cm³/mol. The lowest BCUT2D eigenvalue weighted by Gasteiger charge is -2.27. The van der Waals surface area contributed by atoms with Crippen molar-refractivity contribution in [1.29, 1.82) is 0 Å². The van der Waals surface area contributed by atoms with Crippen LogP contribution in [0.25, 0.3) is 21.8 Å². The van der Waals surface area contributed by atoms with Gasteiger partial charge in [0.2, 0.25) is 0 Å². The molecule has 4 aromatic rings. The molecule has 0 atom stereocenters. The zero-order valence-electron chi connectivity index (χ0n) is 17.7. The van der Waals surface area contributed by atoms with E-state index in [0.717, 1.165) is 45.2 Å². The number of piperidine rings is 1. The van der Waals surface area contributed by atoms with E-state index in [1.54, 1.807) is 48.7 Å². The second-order valence-corrected chi connectivity index (χ2v) is 8.61. The molecule has 2 N–H and O–H groups in total. The number of aromatic carboxylic acids is 2. The number of benzene rings is 2. The minimum absolute atomic E-state index is 0.270. The highest BCUT2D eigenvalue weighted by Crippen LogP contribution is 2.23. The Bertz CT molecular complexity index is 1340. The summed E-state index contributed by atoms with van der Waals surface area (Å²) in [6.45, 7) is 2.12. The highest BCUT2D eigenvalue weighted by atomic mass is 79.9. The number of carboxylic acids is 2. The van der Waals surface area contributed by atoms with E-state index in [2.05, 4.69) is 30.8 Å². The van der Waals surface area contributed by atoms with Gasteiger partial charge in [0, 0.05) is 34.5 Å². The summed E-state index contributed by atoms with van der Waals surface area (Å²) in [5, 5.41) is 19.5. The molecule has 5 rings (SSSR count). The summed E-state index contributed by atoms with van der Waals surface area (Å²) in [6.07, 6.45) is 5.41. The highest BCUT2D eigenvalue weighted by molar-refractivity contribution is 9.10. The van der Waals surface area contributed by atoms with Gasteiger partial charge in [-0.3, -0.25) is 4.98 Å². The molecule has 0 aliphatic carbocycles. The van der Waals surface area contributed by atoms with Crippen molar-refractivity contribution < 1.29 is 19.8 Å². The van der Waals surface area contributed by atoms with Crippen LogP contribution in [0.5, 0.6) is 0 Å². The lowest BCUT2D eigenvalue weighted by atomic mass is 10.1. The summed E-state index contributed by atoms with van der Waals surface area (Å²) in [7, 11) is 0. The van der Waals surface area contributed by atoms with Gasteiger partial charge in [0.1, 0.15) is 5.82 Å². The summed E-state index contributed by atoms with van der Waals surface area (Å²) >= 11 is 3.35. The topological polar surface area (TPSA) is 104 Å². The lowest BCUT2D eigenvalue weighted by Crippen LogP contribution is -2.30. The Hall–Kier alpha value is -3.52. The van der Waals surface area contributed by atoms with Crippen LogP contribution < -0.4 is 4.90 Å². The van der Waals surface area contributed by atoms with Crippen LogP contribution in [0, 0.1) is 0 Å². The lowest BCUT2D eigenvalue weighted by molar-refractivity contribution is 0.0686. The third-order valence-corrected chi connectivity index (χ3v) is 6.23. The quantitative estimate of drug-likeness (QED) is 0.370. The average molecular weight is 508 g/mol. The van der Waals surface area contributed by atoms with Crippen molar-refractivity contribution in [2.75, 3.05) is 18.0 Å². The molecule has 1 aliphatic heterocycles. The standard InChI is InChI=1S/C15H16N2O2.C10H6BrNO2/c18-15(19)12-4-6-13-11(10-12)5-7-14(16-13)17-8-2-1-3-9-17;11-8-3-4-12-9-2-1-6(10(13)14)5-7(8)9/h4-7,10H,1-3,8-9H2,(H,18,19);1-5H,(H,13,14). The van der Waals surface area contributed by atoms with Crippen molar-refractivity contribution in [2.24, 2.45) is 0 Å². The first kappa shape index (κ1) is 22.7. The monoisotopic (exact) mass is 507 g/mol. The van der Waals surface area contributed by atoms with Gasteiger partial charge in [0.05, 0.1) is 22.2 Å². The number of rotatable bonds is 3. The van der Waals surface area contributed by atoms with Crippen LogP contribution in [0.15, 0.2) is 65.3 Å². The summed E-state index contributed by atoms with van der Waals surface area (Å²) in [6, 6.07) is 15.6. The van der Waals surface area contributed by atoms with Crippen molar-refractivity contribution >= 4 is 55.5 Å². The molecule has 7 nitrogen and oxygen atoms in total. The van der Waals surface area contributed by atoms with Gasteiger partial charge < -0.3 is 15.1 Å². The molecular formula is C25H22BrN3O4. The first-order valence-electron chi connectivity index (χ1n) is 10.6. The van der Waals surface area contributed by atoms with Crippen LogP contribution in [-0.2, 0) is 0 Å². The number of carbonyl (C=O) groups is 2. The maximum Gasteiger partial charge on any atom is 0.335 e. The number of hydrogen-bond acceptors (Lipinski definition) is 5. The maximum atomic E-state index is 10.9. The largest absolute Gasteiger partial charge is 0.478 e. The van der Waals surface area contributed by atoms with E-state index in [1.165, 1.54) is 19.3 Å². The van der Waals surface area contributed by atoms with Gasteiger partial charge in [-0.1, -0.05) is 15.9 Å². The highest BCUT2D eigenvalue weighted by Gasteiger charge is 2.13. The summed E-state index contributed by atoms with van der Waals surface area (Å²) < 4.78 is 0.852. The normalized spacial score (nSPS) is 13.4. The zero-order chi connectivity index (χ0) is 23.4. The molecule has 3 heterocycles. The molecule has 2 aromatic carbocycles. The molecule has 2 aromatic heterocycles. The van der Waals surface area contributed by atoms with Crippen LogP contribution in [0.3, 0.4) is 0 Å². The van der Waals surface area contributed by atoms with Crippen LogP contribution >= 0.6 is 15.9 Å². The van der Waals surface area contributed by atoms with E-state index >= 15 is 0 Å². The summed E-state index contributed by atoms with van der Waals surface area (Å²) in [5.74, 6) is -0.833. The fraction of sp³-hybridized carbons (Fsp3) is 0.200. The van der Waals surface area contributed by atoms with E-state index in [9.17, 15) is 9.59 Å². The molecular weight excluding hydrogens is 486 g/mol. The van der Waals surface area contributed by atoms with Gasteiger partial charge in [-0.05, 0) is 73.9 Å². The van der Waals surface area contributed by atoms with E-state index in [1.807, 2.05) is 12.1 Å². The predicted octanol–water partition coefficient (Wildman–Crippen LogP) is 5.62. The van der Waals surface area contributed by atoms with E-state index in [-0.39, 0.29) is 5.56 Å². The Morgan fingerprint density at radius 1 is 0.818 bits per heavy atom. The molecule has 1 aliphatic rings. The minimum Gasteiger partial charge on any atom is -0.478 e. The first-order chi connectivity index (χ1) is 15.9. The van der Waals surface area contributed by atoms with Crippen LogP contribution in [0.4, 0.5) is 5.82 Å². The molecule has 1 saturated heterocycles. The number of anilines is 1. The van der Waals surface area contributed by atoms with Gasteiger partial charge >= 0.3 is 11.9 Å². The second kappa shape index (κ2) is 9.95. The minimum atomic E-state index is -0.928. The molecule has 1 fully saturated rings. The number of pyridine rings is 2. The molecule has 0 saturated carbocycles. The molecule has 168 valence electrons. The maximum absolute atomic E-state index is 10.9. The third kappa shape index (κ3) is 5.28. The fourth-order valence-corrected chi connectivity index (χ4v) is 4.23. The van der Waals surface area contributed by atoms with Crippen molar-refractivity contribution in [3.63, 3.8) is 0 Å². The Morgan fingerprint density at radius 2 is 1.48 bits per heavy atom. The van der Waals surface area contributed by atoms with Gasteiger partial charge in [0.15, 0.2) is 0 Å². The Morgan fingerprint density at radius 3 is 2.18 bits per heavy atom. The number of fused-ring (bicyclic) bond motifs is 2. The number of halogens is 1. The van der Waals surface area contributed by atoms with E-state index in [4.69, 9.17) is 10.2 Å². The van der Waals surface area contributed by atoms with Crippen molar-refractivity contribution in [3.8, 4) is 0 Å². The molecule has 0 spiro atoms. The van der Waals surface area contributed by atoms with Gasteiger partial charge in [-0.2, -0.15) is 0 Å². The van der Waals surface area contributed by atoms with Gasteiger partial charge in [0.25, 0.3) is 0 Å². The third-order valence-electron chi connectivity index (χ3n) is 5.54. The van der Waals surface area contributed by atoms with Gasteiger partial charge in [-0.25, -0.2) is 14.6 Å². The molecule has 0 bridgehead atoms. The fourth-order valence-electron chi connectivity index (χ4n) is 3.79. The smallest absolute Gasteiger partial charge is 0.335 e. The van der Waals surface area contributed by atoms with Crippen LogP contribution in [0.1, 0.15) is 40.0 Å². The van der Waals surface area contributed by atoms with E-state index in [0.29, 0.717) is 5.56 Å². The summed E-state index contributed by atoms with van der Waals surface area (Å²) in [4.78, 5) is 32.7. The first-order valence-corrected chi connectivity index (χ1v) is 11.4. The van der Waals surface area contributed by atoms with E-state index < -0.39 is 11.9 Å². The van der Waals surface area contributed by atoms with Crippen molar-refractivity contribution in [2.45, 2.75) is 19.3 Å². The number of nitrogens with zero attached hydrogens (tertiary/aromatic N) is 3. The molecule has 0 amide bonds. The second-order valence-electron chi connectivity index (χ2n) is 7.76. The molecule has 8 heteroatoms. The van der Waals surface area contributed by atoms with Crippen molar-refractivity contribution in [1.82, 2.24) is 9.97 Å². The summed E-state index contributed by atoms with van der Waals surface area (Å²) in [5.41, 5.74) is 2.21. The Balaban J connectivity index is 0.000000165. The Kier molecular flexibility index (Phi) is 6.84. The molecule has 33 heavy (non-hydrogen) atoms. The number of aromatic nitrogens is 2.